The van der Waals surface area contributed by atoms with Crippen LogP contribution in [-0.4, -0.2) is 24.8 Å². The molecule has 2 heteroatoms. The minimum Gasteiger partial charge on any atom is -0.396 e. The molecule has 1 aromatic carbocycles. The highest BCUT2D eigenvalue weighted by molar-refractivity contribution is 5.45. The van der Waals surface area contributed by atoms with E-state index in [-0.39, 0.29) is 0 Å². The average molecular weight is 249 g/mol. The monoisotopic (exact) mass is 249 g/mol. The van der Waals surface area contributed by atoms with Gasteiger partial charge >= 0.3 is 0 Å². The van der Waals surface area contributed by atoms with Crippen molar-refractivity contribution < 1.29 is 5.11 Å². The van der Waals surface area contributed by atoms with Gasteiger partial charge in [0.25, 0.3) is 0 Å². The predicted octanol–water partition coefficient (Wildman–Crippen LogP) is 3.85. The number of para-hydroxylation sites is 1. The van der Waals surface area contributed by atoms with E-state index in [4.69, 9.17) is 5.11 Å². The van der Waals surface area contributed by atoms with Gasteiger partial charge in [-0.05, 0) is 31.4 Å². The number of aliphatic hydroxyl groups excluding tert-OH is 1. The van der Waals surface area contributed by atoms with Gasteiger partial charge in [-0.2, -0.15) is 0 Å². The largest absolute Gasteiger partial charge is 0.396 e. The maximum absolute atomic E-state index is 8.76. The first-order chi connectivity index (χ1) is 8.88. The van der Waals surface area contributed by atoms with Crippen LogP contribution in [0.3, 0.4) is 0 Å². The standard InChI is InChI=1S/C16H27NO/c1-2-3-13-17(14-9-4-5-10-15-18)16-11-7-6-8-12-16/h6-8,11-12,18H,2-5,9-10,13-15H2,1H3. The maximum atomic E-state index is 8.76. The Kier molecular flexibility index (Phi) is 8.32. The van der Waals surface area contributed by atoms with Crippen LogP contribution >= 0.6 is 0 Å². The van der Waals surface area contributed by atoms with E-state index in [1.807, 2.05) is 0 Å². The van der Waals surface area contributed by atoms with Gasteiger partial charge in [0.15, 0.2) is 0 Å². The Bertz CT molecular complexity index is 286. The molecule has 0 fully saturated rings. The molecule has 0 heterocycles. The lowest BCUT2D eigenvalue weighted by Gasteiger charge is -2.24. The smallest absolute Gasteiger partial charge is 0.0431 e. The van der Waals surface area contributed by atoms with Crippen molar-refractivity contribution in [2.75, 3.05) is 24.6 Å². The Morgan fingerprint density at radius 3 is 2.22 bits per heavy atom. The summed E-state index contributed by atoms with van der Waals surface area (Å²) in [7, 11) is 0. The van der Waals surface area contributed by atoms with Gasteiger partial charge in [0, 0.05) is 25.4 Å². The van der Waals surface area contributed by atoms with E-state index in [1.54, 1.807) is 0 Å². The lowest BCUT2D eigenvalue weighted by atomic mass is 10.1. The Morgan fingerprint density at radius 2 is 1.56 bits per heavy atom. The van der Waals surface area contributed by atoms with Crippen LogP contribution in [0.4, 0.5) is 5.69 Å². The van der Waals surface area contributed by atoms with Crippen LogP contribution in [0.5, 0.6) is 0 Å². The minimum atomic E-state index is 0.332. The minimum absolute atomic E-state index is 0.332. The van der Waals surface area contributed by atoms with Gasteiger partial charge in [0.1, 0.15) is 0 Å². The summed E-state index contributed by atoms with van der Waals surface area (Å²) in [4.78, 5) is 2.49. The van der Waals surface area contributed by atoms with Gasteiger partial charge in [-0.1, -0.05) is 44.4 Å². The number of rotatable bonds is 10. The molecule has 1 N–H and O–H groups in total. The van der Waals surface area contributed by atoms with E-state index in [0.717, 1.165) is 25.9 Å². The third-order valence-corrected chi connectivity index (χ3v) is 3.24. The third-order valence-electron chi connectivity index (χ3n) is 3.24. The number of hydrogen-bond donors (Lipinski definition) is 1. The fraction of sp³-hybridized carbons (Fsp3) is 0.625. The molecule has 0 spiro atoms. The Balaban J connectivity index is 2.36. The SMILES string of the molecule is CCCCN(CCCCCCO)c1ccccc1. The molecule has 18 heavy (non-hydrogen) atoms. The molecular weight excluding hydrogens is 222 g/mol. The van der Waals surface area contributed by atoms with Crippen LogP contribution in [0.25, 0.3) is 0 Å². The van der Waals surface area contributed by atoms with Crippen molar-refractivity contribution in [1.82, 2.24) is 0 Å². The molecular formula is C16H27NO. The zero-order chi connectivity index (χ0) is 13.1. The van der Waals surface area contributed by atoms with Crippen LogP contribution in [0.2, 0.25) is 0 Å². The molecule has 0 radical (unpaired) electrons. The number of nitrogens with zero attached hydrogens (tertiary/aromatic N) is 1. The quantitative estimate of drug-likeness (QED) is 0.637. The fourth-order valence-corrected chi connectivity index (χ4v) is 2.13. The molecule has 2 nitrogen and oxygen atoms in total. The van der Waals surface area contributed by atoms with Crippen molar-refractivity contribution in [1.29, 1.82) is 0 Å². The first-order valence-corrected chi connectivity index (χ1v) is 7.29. The summed E-state index contributed by atoms with van der Waals surface area (Å²) in [5.41, 5.74) is 1.34. The fourth-order valence-electron chi connectivity index (χ4n) is 2.13. The Hall–Kier alpha value is -1.02. The van der Waals surface area contributed by atoms with Crippen LogP contribution in [0.1, 0.15) is 45.4 Å². The summed E-state index contributed by atoms with van der Waals surface area (Å²) in [6, 6.07) is 10.7. The van der Waals surface area contributed by atoms with Gasteiger partial charge in [-0.3, -0.25) is 0 Å². The van der Waals surface area contributed by atoms with Crippen molar-refractivity contribution in [2.45, 2.75) is 45.4 Å². The molecule has 0 aromatic heterocycles. The van der Waals surface area contributed by atoms with Crippen LogP contribution < -0.4 is 4.90 Å². The second-order valence-corrected chi connectivity index (χ2v) is 4.81. The van der Waals surface area contributed by atoms with E-state index >= 15 is 0 Å². The molecule has 1 rings (SSSR count). The second kappa shape index (κ2) is 9.95. The lowest BCUT2D eigenvalue weighted by molar-refractivity contribution is 0.282. The van der Waals surface area contributed by atoms with E-state index in [0.29, 0.717) is 6.61 Å². The van der Waals surface area contributed by atoms with Crippen molar-refractivity contribution >= 4 is 5.69 Å². The van der Waals surface area contributed by atoms with Gasteiger partial charge in [-0.25, -0.2) is 0 Å². The number of benzene rings is 1. The van der Waals surface area contributed by atoms with Crippen molar-refractivity contribution in [2.24, 2.45) is 0 Å². The van der Waals surface area contributed by atoms with E-state index in [2.05, 4.69) is 42.2 Å². The summed E-state index contributed by atoms with van der Waals surface area (Å²) < 4.78 is 0. The number of anilines is 1. The maximum Gasteiger partial charge on any atom is 0.0431 e. The molecule has 102 valence electrons. The number of aliphatic hydroxyl groups is 1. The van der Waals surface area contributed by atoms with E-state index < -0.39 is 0 Å². The van der Waals surface area contributed by atoms with Gasteiger partial charge < -0.3 is 10.0 Å². The van der Waals surface area contributed by atoms with Crippen LogP contribution in [0.15, 0.2) is 30.3 Å². The zero-order valence-electron chi connectivity index (χ0n) is 11.6. The first-order valence-electron chi connectivity index (χ1n) is 7.29. The number of hydrogen-bond acceptors (Lipinski definition) is 2. The molecule has 0 bridgehead atoms. The summed E-state index contributed by atoms with van der Waals surface area (Å²) >= 11 is 0. The molecule has 0 amide bonds. The van der Waals surface area contributed by atoms with Crippen molar-refractivity contribution in [3.63, 3.8) is 0 Å². The predicted molar refractivity (Wildman–Crippen MR) is 79.1 cm³/mol. The zero-order valence-corrected chi connectivity index (χ0v) is 11.6. The molecule has 0 atom stereocenters. The molecule has 0 saturated carbocycles. The van der Waals surface area contributed by atoms with Crippen LogP contribution in [0, 0.1) is 0 Å². The normalized spacial score (nSPS) is 10.6. The summed E-state index contributed by atoms with van der Waals surface area (Å²) in [5, 5.41) is 8.76. The highest BCUT2D eigenvalue weighted by Crippen LogP contribution is 2.15. The topological polar surface area (TPSA) is 23.5 Å². The van der Waals surface area contributed by atoms with Crippen molar-refractivity contribution in [3.05, 3.63) is 30.3 Å². The average Bonchev–Trinajstić information content (AvgIpc) is 2.43. The summed E-state index contributed by atoms with van der Waals surface area (Å²) in [6.45, 7) is 4.86. The van der Waals surface area contributed by atoms with E-state index in [1.165, 1.54) is 31.4 Å². The molecule has 0 saturated heterocycles. The molecule has 0 unspecified atom stereocenters. The molecule has 1 aromatic rings. The first kappa shape index (κ1) is 15.0. The molecule has 0 aliphatic carbocycles. The van der Waals surface area contributed by atoms with Gasteiger partial charge in [-0.15, -0.1) is 0 Å². The highest BCUT2D eigenvalue weighted by Gasteiger charge is 2.04. The van der Waals surface area contributed by atoms with E-state index in [9.17, 15) is 0 Å². The Labute approximate surface area is 112 Å². The highest BCUT2D eigenvalue weighted by atomic mass is 16.2. The number of unbranched alkanes of at least 4 members (excludes halogenated alkanes) is 4. The lowest BCUT2D eigenvalue weighted by Crippen LogP contribution is -2.25. The molecule has 0 aliphatic heterocycles. The van der Waals surface area contributed by atoms with Crippen LogP contribution in [-0.2, 0) is 0 Å². The third kappa shape index (κ3) is 6.06. The summed E-state index contributed by atoms with van der Waals surface area (Å²) in [5.74, 6) is 0. The summed E-state index contributed by atoms with van der Waals surface area (Å²) in [6.07, 6.45) is 7.03. The second-order valence-electron chi connectivity index (χ2n) is 4.81. The Morgan fingerprint density at radius 1 is 0.889 bits per heavy atom. The van der Waals surface area contributed by atoms with Crippen molar-refractivity contribution in [3.8, 4) is 0 Å². The van der Waals surface area contributed by atoms with Gasteiger partial charge in [0.2, 0.25) is 0 Å². The molecule has 0 aliphatic rings. The van der Waals surface area contributed by atoms with Gasteiger partial charge in [0.05, 0.1) is 0 Å².